The van der Waals surface area contributed by atoms with E-state index < -0.39 is 15.9 Å². The number of nitrogens with zero attached hydrogens (tertiary/aromatic N) is 1. The molecule has 0 heterocycles. The Morgan fingerprint density at radius 2 is 1.71 bits per heavy atom. The van der Waals surface area contributed by atoms with Crippen LogP contribution in [0.1, 0.15) is 44.5 Å². The van der Waals surface area contributed by atoms with Gasteiger partial charge in [-0.25, -0.2) is 8.42 Å². The molecule has 0 bridgehead atoms. The number of carbonyl (C=O) groups excluding carboxylic acids is 1. The third-order valence-corrected chi connectivity index (χ3v) is 6.87. The molecule has 170 valence electrons. The Bertz CT molecular complexity index is 1010. The number of anilines is 1. The van der Waals surface area contributed by atoms with Gasteiger partial charge in [0.15, 0.2) is 11.5 Å². The summed E-state index contributed by atoms with van der Waals surface area (Å²) in [6, 6.07) is 9.15. The van der Waals surface area contributed by atoms with Crippen LogP contribution in [-0.2, 0) is 10.0 Å². The molecule has 0 fully saturated rings. The monoisotopic (exact) mass is 468 g/mol. The normalized spacial score (nSPS) is 11.4. The van der Waals surface area contributed by atoms with Crippen molar-refractivity contribution in [1.82, 2.24) is 4.31 Å². The van der Waals surface area contributed by atoms with Gasteiger partial charge in [0, 0.05) is 18.7 Å². The van der Waals surface area contributed by atoms with Gasteiger partial charge < -0.3 is 14.8 Å². The lowest BCUT2D eigenvalue weighted by Crippen LogP contribution is -2.30. The number of rotatable bonds is 11. The number of hydrogen-bond acceptors (Lipinski definition) is 5. The molecular formula is C22H29ClN2O5S. The zero-order valence-corrected chi connectivity index (χ0v) is 19.8. The third kappa shape index (κ3) is 6.12. The second kappa shape index (κ2) is 11.4. The second-order valence-electron chi connectivity index (χ2n) is 6.63. The van der Waals surface area contributed by atoms with E-state index in [9.17, 15) is 13.2 Å². The van der Waals surface area contributed by atoms with E-state index >= 15 is 0 Å². The number of benzene rings is 2. The van der Waals surface area contributed by atoms with Crippen molar-refractivity contribution >= 4 is 33.2 Å². The van der Waals surface area contributed by atoms with Crippen LogP contribution in [0.5, 0.6) is 11.5 Å². The van der Waals surface area contributed by atoms with Crippen molar-refractivity contribution in [3.05, 3.63) is 47.0 Å². The lowest BCUT2D eigenvalue weighted by Gasteiger charge is -2.19. The van der Waals surface area contributed by atoms with Gasteiger partial charge in [0.2, 0.25) is 10.0 Å². The van der Waals surface area contributed by atoms with Gasteiger partial charge >= 0.3 is 0 Å². The molecule has 0 atom stereocenters. The fourth-order valence-corrected chi connectivity index (χ4v) is 4.57. The van der Waals surface area contributed by atoms with E-state index in [2.05, 4.69) is 5.32 Å². The molecule has 1 amide bonds. The largest absolute Gasteiger partial charge is 0.490 e. The highest BCUT2D eigenvalue weighted by molar-refractivity contribution is 7.89. The zero-order chi connectivity index (χ0) is 23.0. The summed E-state index contributed by atoms with van der Waals surface area (Å²) < 4.78 is 38.2. The van der Waals surface area contributed by atoms with Crippen LogP contribution in [0.4, 0.5) is 5.69 Å². The fraction of sp³-hybridized carbons (Fsp3) is 0.409. The van der Waals surface area contributed by atoms with Crippen LogP contribution in [-0.4, -0.2) is 44.9 Å². The SMILES string of the molecule is CCCOc1ccc(C(=O)Nc2cc(S(=O)(=O)N(CC)CC)ccc2Cl)cc1OCC. The molecule has 0 radical (unpaired) electrons. The van der Waals surface area contributed by atoms with Crippen LogP contribution in [0, 0.1) is 0 Å². The van der Waals surface area contributed by atoms with E-state index in [1.807, 2.05) is 13.8 Å². The minimum absolute atomic E-state index is 0.0641. The van der Waals surface area contributed by atoms with Gasteiger partial charge in [-0.1, -0.05) is 32.4 Å². The maximum Gasteiger partial charge on any atom is 0.255 e. The highest BCUT2D eigenvalue weighted by Crippen LogP contribution is 2.31. The Labute approximate surface area is 189 Å². The Kier molecular flexibility index (Phi) is 9.15. The van der Waals surface area contributed by atoms with Crippen molar-refractivity contribution in [3.8, 4) is 11.5 Å². The standard InChI is InChI=1S/C22H29ClN2O5S/c1-5-13-30-20-12-9-16(14-21(20)29-8-4)22(26)24-19-15-17(10-11-18(19)23)31(27,28)25(6-2)7-3/h9-12,14-15H,5-8,13H2,1-4H3,(H,24,26). The minimum Gasteiger partial charge on any atom is -0.490 e. The topological polar surface area (TPSA) is 84.9 Å². The zero-order valence-electron chi connectivity index (χ0n) is 18.3. The Balaban J connectivity index is 2.32. The fourth-order valence-electron chi connectivity index (χ4n) is 2.92. The van der Waals surface area contributed by atoms with Crippen LogP contribution in [0.3, 0.4) is 0 Å². The van der Waals surface area contributed by atoms with Crippen molar-refractivity contribution in [2.24, 2.45) is 0 Å². The number of nitrogens with one attached hydrogen (secondary N) is 1. The summed E-state index contributed by atoms with van der Waals surface area (Å²) in [7, 11) is -3.68. The summed E-state index contributed by atoms with van der Waals surface area (Å²) in [5, 5.41) is 2.93. The first kappa shape index (κ1) is 25.0. The smallest absolute Gasteiger partial charge is 0.255 e. The molecule has 0 aliphatic heterocycles. The maximum atomic E-state index is 12.8. The van der Waals surface area contributed by atoms with Crippen molar-refractivity contribution in [2.75, 3.05) is 31.6 Å². The highest BCUT2D eigenvalue weighted by Gasteiger charge is 2.23. The average Bonchev–Trinajstić information content (AvgIpc) is 2.75. The van der Waals surface area contributed by atoms with Gasteiger partial charge in [-0.3, -0.25) is 4.79 Å². The van der Waals surface area contributed by atoms with Gasteiger partial charge in [0.25, 0.3) is 5.91 Å². The van der Waals surface area contributed by atoms with Crippen molar-refractivity contribution in [3.63, 3.8) is 0 Å². The quantitative estimate of drug-likeness (QED) is 0.511. The molecule has 0 unspecified atom stereocenters. The molecule has 0 aliphatic rings. The molecule has 0 spiro atoms. The van der Waals surface area contributed by atoms with Gasteiger partial charge in [-0.05, 0) is 49.7 Å². The summed E-state index contributed by atoms with van der Waals surface area (Å²) in [5.41, 5.74) is 0.546. The van der Waals surface area contributed by atoms with Crippen molar-refractivity contribution in [1.29, 1.82) is 0 Å². The Hall–Kier alpha value is -2.29. The summed E-state index contributed by atoms with van der Waals surface area (Å²) >= 11 is 6.22. The van der Waals surface area contributed by atoms with Crippen LogP contribution >= 0.6 is 11.6 Å². The van der Waals surface area contributed by atoms with E-state index in [-0.39, 0.29) is 15.6 Å². The highest BCUT2D eigenvalue weighted by atomic mass is 35.5. The molecule has 2 aromatic carbocycles. The molecule has 0 saturated carbocycles. The predicted octanol–water partition coefficient (Wildman–Crippen LogP) is 4.81. The molecule has 2 aromatic rings. The Morgan fingerprint density at radius 3 is 2.32 bits per heavy atom. The van der Waals surface area contributed by atoms with Gasteiger partial charge in [-0.2, -0.15) is 4.31 Å². The average molecular weight is 469 g/mol. The second-order valence-corrected chi connectivity index (χ2v) is 8.97. The first-order chi connectivity index (χ1) is 14.8. The predicted molar refractivity (Wildman–Crippen MR) is 123 cm³/mol. The number of carbonyl (C=O) groups is 1. The first-order valence-electron chi connectivity index (χ1n) is 10.3. The molecule has 0 saturated heterocycles. The van der Waals surface area contributed by atoms with E-state index in [1.165, 1.54) is 22.5 Å². The van der Waals surface area contributed by atoms with E-state index in [1.54, 1.807) is 32.0 Å². The number of ether oxygens (including phenoxy) is 2. The van der Waals surface area contributed by atoms with E-state index in [0.29, 0.717) is 43.4 Å². The van der Waals surface area contributed by atoms with E-state index in [0.717, 1.165) is 6.42 Å². The van der Waals surface area contributed by atoms with E-state index in [4.69, 9.17) is 21.1 Å². The van der Waals surface area contributed by atoms with Gasteiger partial charge in [0.05, 0.1) is 28.8 Å². The summed E-state index contributed by atoms with van der Waals surface area (Å²) in [6.45, 7) is 9.02. The number of amides is 1. The minimum atomic E-state index is -3.68. The third-order valence-electron chi connectivity index (χ3n) is 4.50. The number of sulfonamides is 1. The van der Waals surface area contributed by atoms with Crippen LogP contribution in [0.2, 0.25) is 5.02 Å². The molecule has 1 N–H and O–H groups in total. The molecular weight excluding hydrogens is 440 g/mol. The summed E-state index contributed by atoms with van der Waals surface area (Å²) in [5.74, 6) is 0.584. The maximum absolute atomic E-state index is 12.8. The van der Waals surface area contributed by atoms with Crippen molar-refractivity contribution < 1.29 is 22.7 Å². The molecule has 7 nitrogen and oxygen atoms in total. The Morgan fingerprint density at radius 1 is 1.00 bits per heavy atom. The van der Waals surface area contributed by atoms with Gasteiger partial charge in [0.1, 0.15) is 0 Å². The molecule has 31 heavy (non-hydrogen) atoms. The summed E-state index contributed by atoms with van der Waals surface area (Å²) in [6.07, 6.45) is 0.846. The molecule has 0 aromatic heterocycles. The number of hydrogen-bond donors (Lipinski definition) is 1. The molecule has 2 rings (SSSR count). The van der Waals surface area contributed by atoms with Crippen LogP contribution in [0.15, 0.2) is 41.3 Å². The number of halogens is 1. The summed E-state index contributed by atoms with van der Waals surface area (Å²) in [4.78, 5) is 12.9. The van der Waals surface area contributed by atoms with Crippen LogP contribution in [0.25, 0.3) is 0 Å². The molecule has 9 heteroatoms. The lowest BCUT2D eigenvalue weighted by molar-refractivity contribution is 0.102. The van der Waals surface area contributed by atoms with Gasteiger partial charge in [-0.15, -0.1) is 0 Å². The lowest BCUT2D eigenvalue weighted by atomic mass is 10.1. The van der Waals surface area contributed by atoms with Crippen LogP contribution < -0.4 is 14.8 Å². The first-order valence-corrected chi connectivity index (χ1v) is 12.1. The molecule has 0 aliphatic carbocycles. The van der Waals surface area contributed by atoms with Crippen molar-refractivity contribution in [2.45, 2.75) is 39.0 Å².